The van der Waals surface area contributed by atoms with Gasteiger partial charge in [-0.05, 0) is 72.6 Å². The number of pyridine rings is 1. The van der Waals surface area contributed by atoms with Crippen LogP contribution in [0.3, 0.4) is 0 Å². The molecule has 0 aliphatic rings. The third kappa shape index (κ3) is 13.0. The highest BCUT2D eigenvalue weighted by molar-refractivity contribution is 5.19. The maximum absolute atomic E-state index is 4.08. The topological polar surface area (TPSA) is 64.5 Å². The first-order chi connectivity index (χ1) is 15.2. The minimum absolute atomic E-state index is 0.829. The Hall–Kier alpha value is -3.47. The lowest BCUT2D eigenvalue weighted by atomic mass is 10.2. The third-order valence-electron chi connectivity index (χ3n) is 4.10. The molecule has 0 aliphatic heterocycles. The highest BCUT2D eigenvalue weighted by Gasteiger charge is 1.84. The second kappa shape index (κ2) is 14.5. The molecule has 0 atom stereocenters. The van der Waals surface area contributed by atoms with E-state index >= 15 is 0 Å². The molecule has 0 bridgehead atoms. The Morgan fingerprint density at radius 3 is 1.03 bits per heavy atom. The number of benzene rings is 1. The van der Waals surface area contributed by atoms with Gasteiger partial charge in [-0.25, -0.2) is 9.97 Å². The molecule has 0 spiro atoms. The molecule has 0 amide bonds. The maximum atomic E-state index is 4.08. The van der Waals surface area contributed by atoms with Gasteiger partial charge in [0.15, 0.2) is 0 Å². The number of nitrogens with zero attached hydrogens (tertiary/aromatic N) is 5. The first kappa shape index (κ1) is 26.6. The van der Waals surface area contributed by atoms with Gasteiger partial charge >= 0.3 is 0 Å². The highest BCUT2D eigenvalue weighted by Crippen LogP contribution is 1.99. The lowest BCUT2D eigenvalue weighted by Crippen LogP contribution is -1.84. The minimum atomic E-state index is 0.829. The monoisotopic (exact) mass is 429 g/mol. The van der Waals surface area contributed by atoms with Crippen LogP contribution < -0.4 is 0 Å². The minimum Gasteiger partial charge on any atom is -0.261 e. The Morgan fingerprint density at radius 1 is 0.344 bits per heavy atom. The summed E-state index contributed by atoms with van der Waals surface area (Å²) in [4.78, 5) is 20.0. The molecule has 0 saturated heterocycles. The van der Waals surface area contributed by atoms with Gasteiger partial charge in [0.25, 0.3) is 0 Å². The summed E-state index contributed by atoms with van der Waals surface area (Å²) < 4.78 is 0. The van der Waals surface area contributed by atoms with Crippen LogP contribution in [0.2, 0.25) is 0 Å². The Kier molecular flexibility index (Phi) is 12.1. The van der Waals surface area contributed by atoms with E-state index in [1.54, 1.807) is 12.4 Å². The zero-order valence-electron chi connectivity index (χ0n) is 20.6. The molecule has 32 heavy (non-hydrogen) atoms. The predicted molar refractivity (Wildman–Crippen MR) is 133 cm³/mol. The van der Waals surface area contributed by atoms with Gasteiger partial charge in [0.05, 0.1) is 11.4 Å². The molecule has 1 aromatic carbocycles. The van der Waals surface area contributed by atoms with Crippen molar-refractivity contribution in [2.75, 3.05) is 0 Å². The van der Waals surface area contributed by atoms with Crippen LogP contribution in [0.1, 0.15) is 45.2 Å². The van der Waals surface area contributed by atoms with Crippen LogP contribution in [-0.4, -0.2) is 24.9 Å². The van der Waals surface area contributed by atoms with Gasteiger partial charge in [-0.1, -0.05) is 41.5 Å². The lowest BCUT2D eigenvalue weighted by molar-refractivity contribution is 1.03. The van der Waals surface area contributed by atoms with Crippen LogP contribution in [0.25, 0.3) is 0 Å². The Labute approximate surface area is 193 Å². The summed E-state index contributed by atoms with van der Waals surface area (Å²) in [5.41, 5.74) is 8.00. The SMILES string of the molecule is Cc1ccc(C)cc1.Cc1ccc(C)nc1.Cc1cnc(C)cn1.Cc1cnc(C)nc1. The standard InChI is InChI=1S/C8H10.C7H9N.2C6H8N2/c1-7-3-5-8(2)6-4-7;1-6-3-4-7(2)8-5-6;1-5-3-8-6(2)4-7-5;1-5-3-7-6(2)8-4-5/h3-6H,1-2H3;3-5H,1-2H3;2*3-4H,1-2H3. The largest absolute Gasteiger partial charge is 0.261 e. The van der Waals surface area contributed by atoms with Gasteiger partial charge in [0, 0.05) is 36.7 Å². The van der Waals surface area contributed by atoms with Crippen LogP contribution in [-0.2, 0) is 0 Å². The summed E-state index contributed by atoms with van der Waals surface area (Å²) >= 11 is 0. The zero-order chi connectivity index (χ0) is 23.9. The van der Waals surface area contributed by atoms with Crippen molar-refractivity contribution in [1.29, 1.82) is 0 Å². The quantitative estimate of drug-likeness (QED) is 0.333. The maximum Gasteiger partial charge on any atom is 0.125 e. The van der Waals surface area contributed by atoms with Crippen molar-refractivity contribution < 1.29 is 0 Å². The van der Waals surface area contributed by atoms with Crippen molar-refractivity contribution in [3.63, 3.8) is 0 Å². The van der Waals surface area contributed by atoms with Crippen molar-refractivity contribution in [2.24, 2.45) is 0 Å². The Balaban J connectivity index is 0.000000213. The van der Waals surface area contributed by atoms with Gasteiger partial charge in [-0.2, -0.15) is 0 Å². The number of hydrogen-bond donors (Lipinski definition) is 0. The van der Waals surface area contributed by atoms with Gasteiger partial charge in [-0.3, -0.25) is 15.0 Å². The Bertz CT molecular complexity index is 750. The number of rotatable bonds is 0. The smallest absolute Gasteiger partial charge is 0.125 e. The fourth-order valence-electron chi connectivity index (χ4n) is 2.09. The van der Waals surface area contributed by atoms with Crippen LogP contribution in [0, 0.1) is 55.4 Å². The molecule has 0 aliphatic carbocycles. The predicted octanol–water partition coefficient (Wildman–Crippen LogP) is 6.19. The molecule has 3 heterocycles. The summed E-state index contributed by atoms with van der Waals surface area (Å²) in [6.07, 6.45) is 9.00. The van der Waals surface area contributed by atoms with Crippen LogP contribution >= 0.6 is 0 Å². The molecule has 0 saturated carbocycles. The van der Waals surface area contributed by atoms with Crippen molar-refractivity contribution in [1.82, 2.24) is 24.9 Å². The molecule has 5 heteroatoms. The second-order valence-electron chi connectivity index (χ2n) is 7.74. The van der Waals surface area contributed by atoms with E-state index in [1.807, 2.05) is 66.2 Å². The second-order valence-corrected chi connectivity index (χ2v) is 7.74. The number of aryl methyl sites for hydroxylation is 8. The van der Waals surface area contributed by atoms with Crippen molar-refractivity contribution in [3.05, 3.63) is 113 Å². The van der Waals surface area contributed by atoms with Gasteiger partial charge in [0.1, 0.15) is 5.82 Å². The van der Waals surface area contributed by atoms with E-state index in [0.29, 0.717) is 0 Å². The molecule has 4 aromatic rings. The van der Waals surface area contributed by atoms with Crippen LogP contribution in [0.5, 0.6) is 0 Å². The van der Waals surface area contributed by atoms with Crippen LogP contribution in [0.4, 0.5) is 0 Å². The molecule has 4 rings (SSSR count). The summed E-state index contributed by atoms with van der Waals surface area (Å²) in [7, 11) is 0. The molecular weight excluding hydrogens is 394 g/mol. The molecular formula is C27H35N5. The average molecular weight is 430 g/mol. The molecule has 168 valence electrons. The normalized spacial score (nSPS) is 9.25. The van der Waals surface area contributed by atoms with Crippen molar-refractivity contribution in [2.45, 2.75) is 55.4 Å². The highest BCUT2D eigenvalue weighted by atomic mass is 14.8. The van der Waals surface area contributed by atoms with Crippen LogP contribution in [0.15, 0.2) is 67.4 Å². The first-order valence-electron chi connectivity index (χ1n) is 10.6. The van der Waals surface area contributed by atoms with E-state index < -0.39 is 0 Å². The van der Waals surface area contributed by atoms with E-state index in [4.69, 9.17) is 0 Å². The molecule has 5 nitrogen and oxygen atoms in total. The van der Waals surface area contributed by atoms with Gasteiger partial charge in [-0.15, -0.1) is 0 Å². The van der Waals surface area contributed by atoms with E-state index in [2.05, 4.69) is 69.1 Å². The van der Waals surface area contributed by atoms with E-state index in [-0.39, 0.29) is 0 Å². The number of hydrogen-bond acceptors (Lipinski definition) is 5. The van der Waals surface area contributed by atoms with Crippen molar-refractivity contribution >= 4 is 0 Å². The summed E-state index contributed by atoms with van der Waals surface area (Å²) in [6.45, 7) is 15.9. The van der Waals surface area contributed by atoms with Gasteiger partial charge < -0.3 is 0 Å². The van der Waals surface area contributed by atoms with E-state index in [0.717, 1.165) is 28.5 Å². The average Bonchev–Trinajstić information content (AvgIpc) is 2.78. The Morgan fingerprint density at radius 2 is 0.719 bits per heavy atom. The molecule has 0 fully saturated rings. The summed E-state index contributed by atoms with van der Waals surface area (Å²) in [5, 5.41) is 0. The third-order valence-corrected chi connectivity index (χ3v) is 4.10. The van der Waals surface area contributed by atoms with Crippen molar-refractivity contribution in [3.8, 4) is 0 Å². The molecule has 0 unspecified atom stereocenters. The molecule has 0 radical (unpaired) electrons. The first-order valence-corrected chi connectivity index (χ1v) is 10.6. The van der Waals surface area contributed by atoms with E-state index in [1.165, 1.54) is 16.7 Å². The summed E-state index contributed by atoms with van der Waals surface area (Å²) in [6, 6.07) is 12.5. The summed E-state index contributed by atoms with van der Waals surface area (Å²) in [5.74, 6) is 0.829. The molecule has 0 N–H and O–H groups in total. The molecule has 3 aromatic heterocycles. The van der Waals surface area contributed by atoms with E-state index in [9.17, 15) is 0 Å². The number of aromatic nitrogens is 5. The fraction of sp³-hybridized carbons (Fsp3) is 0.296. The zero-order valence-corrected chi connectivity index (χ0v) is 20.6. The lowest BCUT2D eigenvalue weighted by Gasteiger charge is -1.90. The fourth-order valence-corrected chi connectivity index (χ4v) is 2.09. The van der Waals surface area contributed by atoms with Gasteiger partial charge in [0.2, 0.25) is 0 Å².